The number of urea groups is 1. The lowest BCUT2D eigenvalue weighted by Crippen LogP contribution is -2.61. The molecule has 53 heavy (non-hydrogen) atoms. The second-order valence-electron chi connectivity index (χ2n) is 13.4. The number of piperazine rings is 1. The van der Waals surface area contributed by atoms with Crippen molar-refractivity contribution in [2.24, 2.45) is 0 Å². The number of aromatic nitrogens is 1. The molecule has 0 spiro atoms. The fourth-order valence-corrected chi connectivity index (χ4v) is 9.35. The van der Waals surface area contributed by atoms with Gasteiger partial charge in [0.25, 0.3) is 15.9 Å². The number of likely N-dealkylation sites (tertiary alicyclic amines) is 1. The van der Waals surface area contributed by atoms with Gasteiger partial charge in [-0.15, -0.1) is 0 Å². The van der Waals surface area contributed by atoms with Crippen LogP contribution in [-0.2, 0) is 25.1 Å². The maximum atomic E-state index is 15.2. The number of pyridine rings is 1. The van der Waals surface area contributed by atoms with Crippen molar-refractivity contribution in [3.63, 3.8) is 0 Å². The molecule has 1 aromatic heterocycles. The zero-order chi connectivity index (χ0) is 37.3. The minimum Gasteiger partial charge on any atom is -0.497 e. The number of fused-ring (bicyclic) bond motifs is 1. The summed E-state index contributed by atoms with van der Waals surface area (Å²) in [5.74, 6) is -0.668. The molecule has 5 heterocycles. The first-order chi connectivity index (χ1) is 25.7. The van der Waals surface area contributed by atoms with Crippen LogP contribution in [0.1, 0.15) is 36.5 Å². The Bertz CT molecular complexity index is 2020. The first-order valence-corrected chi connectivity index (χ1v) is 19.2. The Balaban J connectivity index is 1.25. The molecule has 280 valence electrons. The van der Waals surface area contributed by atoms with Gasteiger partial charge in [-0.1, -0.05) is 0 Å². The Hall–Kier alpha value is -4.95. The number of amides is 3. The zero-order valence-electron chi connectivity index (χ0n) is 30.0. The summed E-state index contributed by atoms with van der Waals surface area (Å²) in [6.45, 7) is 7.65. The summed E-state index contributed by atoms with van der Waals surface area (Å²) in [5, 5.41) is 12.9. The normalized spacial score (nSPS) is 21.4. The van der Waals surface area contributed by atoms with Gasteiger partial charge in [-0.05, 0) is 62.2 Å². The molecule has 1 unspecified atom stereocenters. The number of carbonyl (C=O) groups is 2. The van der Waals surface area contributed by atoms with E-state index in [1.165, 1.54) is 56.8 Å². The first-order valence-electron chi connectivity index (χ1n) is 17.7. The number of nitrogens with one attached hydrogen (secondary N) is 1. The van der Waals surface area contributed by atoms with E-state index in [4.69, 9.17) is 18.9 Å². The van der Waals surface area contributed by atoms with Crippen LogP contribution in [0.4, 0.5) is 10.5 Å². The van der Waals surface area contributed by atoms with E-state index in [1.54, 1.807) is 24.0 Å². The van der Waals surface area contributed by atoms with Crippen molar-refractivity contribution in [2.75, 3.05) is 77.6 Å². The topological polar surface area (TPSA) is 167 Å². The van der Waals surface area contributed by atoms with Crippen LogP contribution in [-0.4, -0.2) is 125 Å². The van der Waals surface area contributed by atoms with Crippen LogP contribution >= 0.6 is 0 Å². The number of benzene rings is 2. The van der Waals surface area contributed by atoms with Crippen molar-refractivity contribution in [3.8, 4) is 23.4 Å². The number of rotatable bonds is 10. The van der Waals surface area contributed by atoms with Gasteiger partial charge in [0.2, 0.25) is 5.88 Å². The van der Waals surface area contributed by atoms with Crippen LogP contribution in [0.2, 0.25) is 0 Å². The van der Waals surface area contributed by atoms with E-state index in [9.17, 15) is 18.5 Å². The van der Waals surface area contributed by atoms with Gasteiger partial charge in [-0.3, -0.25) is 14.6 Å². The second-order valence-corrected chi connectivity index (χ2v) is 15.1. The highest BCUT2D eigenvalue weighted by Gasteiger charge is 2.59. The third-order valence-electron chi connectivity index (χ3n) is 10.6. The number of anilines is 1. The fourth-order valence-electron chi connectivity index (χ4n) is 7.74. The van der Waals surface area contributed by atoms with Crippen molar-refractivity contribution >= 4 is 27.6 Å². The third-order valence-corrected chi connectivity index (χ3v) is 12.4. The fraction of sp³-hybridized carbons (Fsp3) is 0.459. The number of hydrogen-bond acceptors (Lipinski definition) is 12. The Labute approximate surface area is 309 Å². The predicted octanol–water partition coefficient (Wildman–Crippen LogP) is 2.54. The average molecular weight is 746 g/mol. The number of sulfonamides is 1. The maximum absolute atomic E-state index is 15.2. The molecular formula is C37H43N7O8S. The lowest BCUT2D eigenvalue weighted by Gasteiger charge is -2.46. The summed E-state index contributed by atoms with van der Waals surface area (Å²) in [5.41, 5.74) is -1.83. The van der Waals surface area contributed by atoms with Crippen LogP contribution in [0.15, 0.2) is 59.6 Å². The van der Waals surface area contributed by atoms with Gasteiger partial charge >= 0.3 is 6.03 Å². The summed E-state index contributed by atoms with van der Waals surface area (Å²) >= 11 is 0. The molecule has 3 fully saturated rings. The molecule has 4 aliphatic rings. The summed E-state index contributed by atoms with van der Waals surface area (Å²) in [7, 11) is -1.95. The van der Waals surface area contributed by atoms with Gasteiger partial charge in [0.05, 0.1) is 63.0 Å². The number of nitriles is 1. The van der Waals surface area contributed by atoms with Gasteiger partial charge in [-0.25, -0.2) is 18.2 Å². The Kier molecular flexibility index (Phi) is 10.2. The number of methoxy groups -OCH3 is 2. The van der Waals surface area contributed by atoms with E-state index >= 15 is 4.79 Å². The zero-order valence-corrected chi connectivity index (χ0v) is 30.8. The van der Waals surface area contributed by atoms with Crippen LogP contribution in [0, 0.1) is 11.3 Å². The molecule has 0 saturated carbocycles. The van der Waals surface area contributed by atoms with Crippen LogP contribution in [0.3, 0.4) is 0 Å². The molecule has 3 amide bonds. The van der Waals surface area contributed by atoms with E-state index in [0.717, 1.165) is 39.1 Å². The Morgan fingerprint density at radius 3 is 2.36 bits per heavy atom. The van der Waals surface area contributed by atoms with Gasteiger partial charge in [0, 0.05) is 63.1 Å². The minimum atomic E-state index is -4.70. The molecule has 3 saturated heterocycles. The number of nitrogens with zero attached hydrogens (tertiary/aromatic N) is 6. The highest BCUT2D eigenvalue weighted by atomic mass is 32.2. The first kappa shape index (κ1) is 36.4. The lowest BCUT2D eigenvalue weighted by molar-refractivity contribution is -0.121. The summed E-state index contributed by atoms with van der Waals surface area (Å²) in [4.78, 5) is 40.3. The molecule has 16 heteroatoms. The van der Waals surface area contributed by atoms with E-state index < -0.39 is 27.5 Å². The van der Waals surface area contributed by atoms with E-state index in [2.05, 4.69) is 26.2 Å². The predicted molar refractivity (Wildman–Crippen MR) is 192 cm³/mol. The Morgan fingerprint density at radius 1 is 0.981 bits per heavy atom. The van der Waals surface area contributed by atoms with Crippen molar-refractivity contribution in [2.45, 2.75) is 42.3 Å². The number of hydrogen-bond donors (Lipinski definition) is 1. The SMILES string of the molecule is CCOc1ncccc1C1(NC(=O)N2CCN(C3CCN(C4COC4)CC3)CC2)C(=O)N(S(=O)(=O)c2ccc(OC)cc2OC)c2ccc(C#N)cc21. The number of carbonyl (C=O) groups excluding carboxylic acids is 2. The monoisotopic (exact) mass is 745 g/mol. The van der Waals surface area contributed by atoms with Crippen molar-refractivity contribution in [1.82, 2.24) is 25.0 Å². The second kappa shape index (κ2) is 14.8. The molecule has 15 nitrogen and oxygen atoms in total. The van der Waals surface area contributed by atoms with Crippen LogP contribution < -0.4 is 23.8 Å². The van der Waals surface area contributed by atoms with E-state index in [-0.39, 0.29) is 45.5 Å². The number of ether oxygens (including phenoxy) is 4. The molecule has 3 aromatic rings. The molecule has 0 radical (unpaired) electrons. The molecule has 0 aliphatic carbocycles. The largest absolute Gasteiger partial charge is 0.497 e. The van der Waals surface area contributed by atoms with E-state index in [0.29, 0.717) is 48.3 Å². The maximum Gasteiger partial charge on any atom is 0.318 e. The smallest absolute Gasteiger partial charge is 0.318 e. The quantitative estimate of drug-likeness (QED) is 0.323. The lowest BCUT2D eigenvalue weighted by atomic mass is 9.83. The molecule has 1 atom stereocenters. The Morgan fingerprint density at radius 2 is 1.72 bits per heavy atom. The summed E-state index contributed by atoms with van der Waals surface area (Å²) in [6.07, 6.45) is 3.57. The summed E-state index contributed by atoms with van der Waals surface area (Å²) < 4.78 is 52.0. The van der Waals surface area contributed by atoms with Gasteiger partial charge in [0.1, 0.15) is 16.4 Å². The van der Waals surface area contributed by atoms with Crippen molar-refractivity contribution < 1.29 is 37.0 Å². The highest BCUT2D eigenvalue weighted by Crippen LogP contribution is 2.50. The molecular weight excluding hydrogens is 703 g/mol. The third kappa shape index (κ3) is 6.41. The average Bonchev–Trinajstić information content (AvgIpc) is 3.41. The molecule has 1 N–H and O–H groups in total. The van der Waals surface area contributed by atoms with E-state index in [1.807, 2.05) is 0 Å². The molecule has 2 aromatic carbocycles. The highest BCUT2D eigenvalue weighted by molar-refractivity contribution is 7.93. The standard InChI is InChI=1S/C37H43N7O8S/c1-4-52-34-29(6-5-13-39-34)37(40-36(46)43-18-16-42(17-19-43)26-11-14-41(15-12-26)27-23-51-24-27)30-20-25(22-38)7-9-31(30)44(35(37)45)53(47,48)33-10-8-28(49-2)21-32(33)50-3/h5-10,13,20-21,26-27H,4,11-12,14-19,23-24H2,1-3H3,(H,40,46). The van der Waals surface area contributed by atoms with Gasteiger partial charge in [-0.2, -0.15) is 9.57 Å². The van der Waals surface area contributed by atoms with Gasteiger partial charge in [0.15, 0.2) is 5.54 Å². The van der Waals surface area contributed by atoms with Crippen molar-refractivity contribution in [3.05, 3.63) is 71.4 Å². The van der Waals surface area contributed by atoms with Crippen molar-refractivity contribution in [1.29, 1.82) is 5.26 Å². The molecule has 7 rings (SSSR count). The van der Waals surface area contributed by atoms with Crippen LogP contribution in [0.5, 0.6) is 17.4 Å². The molecule has 0 bridgehead atoms. The summed E-state index contributed by atoms with van der Waals surface area (Å²) in [6, 6.07) is 14.0. The minimum absolute atomic E-state index is 0.0304. The molecule has 4 aliphatic heterocycles. The van der Waals surface area contributed by atoms with Gasteiger partial charge < -0.3 is 29.2 Å². The number of piperidine rings is 1. The van der Waals surface area contributed by atoms with Crippen LogP contribution in [0.25, 0.3) is 0 Å².